The highest BCUT2D eigenvalue weighted by atomic mass is 32.2. The van der Waals surface area contributed by atoms with Crippen LogP contribution in [0.5, 0.6) is 0 Å². The van der Waals surface area contributed by atoms with Crippen molar-refractivity contribution in [3.8, 4) is 0 Å². The molecular formula is C32H41N3O4S. The van der Waals surface area contributed by atoms with Gasteiger partial charge in [0.1, 0.15) is 6.04 Å². The van der Waals surface area contributed by atoms with E-state index >= 15 is 0 Å². The van der Waals surface area contributed by atoms with Gasteiger partial charge in [0, 0.05) is 32.0 Å². The van der Waals surface area contributed by atoms with Gasteiger partial charge in [-0.15, -0.1) is 0 Å². The smallest absolute Gasteiger partial charge is 0.243 e. The highest BCUT2D eigenvalue weighted by Crippen LogP contribution is 2.26. The van der Waals surface area contributed by atoms with Crippen molar-refractivity contribution in [2.75, 3.05) is 17.1 Å². The van der Waals surface area contributed by atoms with Crippen molar-refractivity contribution in [3.05, 3.63) is 101 Å². The molecule has 0 aliphatic heterocycles. The van der Waals surface area contributed by atoms with Gasteiger partial charge in [-0.1, -0.05) is 72.8 Å². The molecule has 3 aromatic carbocycles. The number of hydrogen-bond donors (Lipinski definition) is 1. The quantitative estimate of drug-likeness (QED) is 0.317. The second-order valence-corrected chi connectivity index (χ2v) is 12.4. The monoisotopic (exact) mass is 563 g/mol. The Morgan fingerprint density at radius 2 is 1.45 bits per heavy atom. The predicted molar refractivity (Wildman–Crippen MR) is 162 cm³/mol. The van der Waals surface area contributed by atoms with E-state index in [1.54, 1.807) is 11.0 Å². The van der Waals surface area contributed by atoms with E-state index in [1.165, 1.54) is 10.6 Å². The van der Waals surface area contributed by atoms with Gasteiger partial charge in [-0.3, -0.25) is 13.9 Å². The standard InChI is InChI=1S/C32H41N3O4S/c1-24(2)33-32(37)30(22-27-15-8-6-9-16-27)34(23-28-17-10-7-11-18-28)31(36)20-13-21-35(40(5,38)39)29-19-12-14-25(3)26(29)4/h6-12,14-19,24,30H,13,20-23H2,1-5H3,(H,33,37). The lowest BCUT2D eigenvalue weighted by molar-refractivity contribution is -0.141. The molecule has 40 heavy (non-hydrogen) atoms. The Morgan fingerprint density at radius 1 is 0.850 bits per heavy atom. The van der Waals surface area contributed by atoms with Crippen molar-refractivity contribution in [2.45, 2.75) is 65.6 Å². The van der Waals surface area contributed by atoms with E-state index in [9.17, 15) is 18.0 Å². The lowest BCUT2D eigenvalue weighted by Crippen LogP contribution is -2.51. The first-order valence-electron chi connectivity index (χ1n) is 13.7. The number of hydrogen-bond acceptors (Lipinski definition) is 4. The van der Waals surface area contributed by atoms with Crippen LogP contribution in [0.25, 0.3) is 0 Å². The number of nitrogens with zero attached hydrogens (tertiary/aromatic N) is 2. The summed E-state index contributed by atoms with van der Waals surface area (Å²) in [5.74, 6) is -0.408. The molecule has 0 radical (unpaired) electrons. The van der Waals surface area contributed by atoms with Gasteiger partial charge in [0.05, 0.1) is 11.9 Å². The SMILES string of the molecule is Cc1cccc(N(CCCC(=O)N(Cc2ccccc2)C(Cc2ccccc2)C(=O)NC(C)C)S(C)(=O)=O)c1C. The molecule has 3 aromatic rings. The van der Waals surface area contributed by atoms with Gasteiger partial charge in [0.25, 0.3) is 0 Å². The van der Waals surface area contributed by atoms with Crippen LogP contribution in [0.2, 0.25) is 0 Å². The number of rotatable bonds is 13. The maximum Gasteiger partial charge on any atom is 0.243 e. The average molecular weight is 564 g/mol. The van der Waals surface area contributed by atoms with Crippen LogP contribution in [0, 0.1) is 13.8 Å². The van der Waals surface area contributed by atoms with E-state index < -0.39 is 16.1 Å². The van der Waals surface area contributed by atoms with Crippen molar-refractivity contribution in [2.24, 2.45) is 0 Å². The molecule has 1 atom stereocenters. The number of carbonyl (C=O) groups excluding carboxylic acids is 2. The molecule has 0 fully saturated rings. The third kappa shape index (κ3) is 8.68. The van der Waals surface area contributed by atoms with Crippen molar-refractivity contribution < 1.29 is 18.0 Å². The Morgan fingerprint density at radius 3 is 2.02 bits per heavy atom. The van der Waals surface area contributed by atoms with E-state index in [0.717, 1.165) is 22.3 Å². The largest absolute Gasteiger partial charge is 0.352 e. The first-order valence-corrected chi connectivity index (χ1v) is 15.5. The number of nitrogens with one attached hydrogen (secondary N) is 1. The second kappa shape index (κ2) is 14.1. The molecule has 0 bridgehead atoms. The zero-order valence-electron chi connectivity index (χ0n) is 24.1. The minimum Gasteiger partial charge on any atom is -0.352 e. The normalized spacial score (nSPS) is 12.2. The van der Waals surface area contributed by atoms with Gasteiger partial charge in [-0.2, -0.15) is 0 Å². The van der Waals surface area contributed by atoms with Crippen LogP contribution < -0.4 is 9.62 Å². The molecule has 8 heteroatoms. The molecule has 0 spiro atoms. The topological polar surface area (TPSA) is 86.8 Å². The maximum atomic E-state index is 13.8. The summed E-state index contributed by atoms with van der Waals surface area (Å²) in [6.45, 7) is 8.07. The first-order chi connectivity index (χ1) is 19.0. The van der Waals surface area contributed by atoms with E-state index in [2.05, 4.69) is 5.32 Å². The van der Waals surface area contributed by atoms with Gasteiger partial charge in [0.15, 0.2) is 0 Å². The molecule has 0 aromatic heterocycles. The summed E-state index contributed by atoms with van der Waals surface area (Å²) >= 11 is 0. The van der Waals surface area contributed by atoms with Crippen molar-refractivity contribution in [1.29, 1.82) is 0 Å². The molecule has 0 saturated heterocycles. The Balaban J connectivity index is 1.88. The van der Waals surface area contributed by atoms with Gasteiger partial charge in [-0.05, 0) is 62.4 Å². The van der Waals surface area contributed by atoms with Crippen LogP contribution in [0.4, 0.5) is 5.69 Å². The molecule has 1 unspecified atom stereocenters. The third-order valence-electron chi connectivity index (χ3n) is 6.89. The lowest BCUT2D eigenvalue weighted by atomic mass is 10.0. The van der Waals surface area contributed by atoms with Gasteiger partial charge in [-0.25, -0.2) is 8.42 Å². The molecule has 0 heterocycles. The summed E-state index contributed by atoms with van der Waals surface area (Å²) in [5.41, 5.74) is 4.37. The molecule has 7 nitrogen and oxygen atoms in total. The molecule has 3 rings (SSSR count). The number of carbonyl (C=O) groups is 2. The van der Waals surface area contributed by atoms with Crippen LogP contribution >= 0.6 is 0 Å². The molecular weight excluding hydrogens is 522 g/mol. The Hall–Kier alpha value is -3.65. The molecule has 214 valence electrons. The zero-order valence-corrected chi connectivity index (χ0v) is 24.9. The Labute approximate surface area is 239 Å². The summed E-state index contributed by atoms with van der Waals surface area (Å²) in [6, 6.07) is 24.0. The van der Waals surface area contributed by atoms with Gasteiger partial charge < -0.3 is 10.2 Å². The second-order valence-electron chi connectivity index (χ2n) is 10.5. The molecule has 2 amide bonds. The van der Waals surface area contributed by atoms with Crippen LogP contribution in [0.15, 0.2) is 78.9 Å². The average Bonchev–Trinajstić information content (AvgIpc) is 2.90. The minimum atomic E-state index is -3.56. The highest BCUT2D eigenvalue weighted by molar-refractivity contribution is 7.92. The van der Waals surface area contributed by atoms with E-state index in [0.29, 0.717) is 18.5 Å². The summed E-state index contributed by atoms with van der Waals surface area (Å²) < 4.78 is 26.8. The van der Waals surface area contributed by atoms with Crippen molar-refractivity contribution in [1.82, 2.24) is 10.2 Å². The maximum absolute atomic E-state index is 13.8. The molecule has 0 saturated carbocycles. The number of aryl methyl sites for hydroxylation is 1. The zero-order chi connectivity index (χ0) is 29.3. The van der Waals surface area contributed by atoms with E-state index in [4.69, 9.17) is 0 Å². The summed E-state index contributed by atoms with van der Waals surface area (Å²) in [5, 5.41) is 2.99. The Bertz CT molecular complexity index is 1380. The number of sulfonamides is 1. The van der Waals surface area contributed by atoms with Crippen LogP contribution in [0.1, 0.15) is 48.9 Å². The van der Waals surface area contributed by atoms with E-state index in [-0.39, 0.29) is 37.4 Å². The van der Waals surface area contributed by atoms with Gasteiger partial charge in [0.2, 0.25) is 21.8 Å². The summed E-state index contributed by atoms with van der Waals surface area (Å²) in [6.07, 6.45) is 1.97. The lowest BCUT2D eigenvalue weighted by Gasteiger charge is -2.32. The van der Waals surface area contributed by atoms with Crippen LogP contribution in [-0.4, -0.2) is 50.0 Å². The Kier molecular flexibility index (Phi) is 10.9. The van der Waals surface area contributed by atoms with Crippen molar-refractivity contribution >= 4 is 27.5 Å². The first kappa shape index (κ1) is 30.9. The van der Waals surface area contributed by atoms with Crippen LogP contribution in [-0.2, 0) is 32.6 Å². The van der Waals surface area contributed by atoms with Crippen molar-refractivity contribution in [3.63, 3.8) is 0 Å². The number of anilines is 1. The third-order valence-corrected chi connectivity index (χ3v) is 8.07. The van der Waals surface area contributed by atoms with E-state index in [1.807, 2.05) is 100 Å². The highest BCUT2D eigenvalue weighted by Gasteiger charge is 2.31. The number of amides is 2. The fourth-order valence-corrected chi connectivity index (χ4v) is 5.72. The van der Waals surface area contributed by atoms with Crippen LogP contribution in [0.3, 0.4) is 0 Å². The van der Waals surface area contributed by atoms with Gasteiger partial charge >= 0.3 is 0 Å². The fraction of sp³-hybridized carbons (Fsp3) is 0.375. The minimum absolute atomic E-state index is 0.0830. The fourth-order valence-electron chi connectivity index (χ4n) is 4.70. The molecule has 0 aliphatic rings. The summed E-state index contributed by atoms with van der Waals surface area (Å²) in [7, 11) is -3.56. The number of benzene rings is 3. The molecule has 0 aliphatic carbocycles. The summed E-state index contributed by atoms with van der Waals surface area (Å²) in [4.78, 5) is 28.9. The molecule has 1 N–H and O–H groups in total. The predicted octanol–water partition coefficient (Wildman–Crippen LogP) is 5.01.